The summed E-state index contributed by atoms with van der Waals surface area (Å²) in [7, 11) is 1.88. The molecule has 1 aromatic heterocycles. The zero-order valence-electron chi connectivity index (χ0n) is 11.5. The van der Waals surface area contributed by atoms with Crippen molar-refractivity contribution in [2.45, 2.75) is 25.9 Å². The van der Waals surface area contributed by atoms with Gasteiger partial charge >= 0.3 is 0 Å². The summed E-state index contributed by atoms with van der Waals surface area (Å²) in [5, 5.41) is 8.94. The van der Waals surface area contributed by atoms with Crippen LogP contribution in [0.3, 0.4) is 0 Å². The Morgan fingerprint density at radius 3 is 2.60 bits per heavy atom. The second kappa shape index (κ2) is 6.48. The van der Waals surface area contributed by atoms with E-state index in [1.807, 2.05) is 29.9 Å². The van der Waals surface area contributed by atoms with Gasteiger partial charge < -0.3 is 5.32 Å². The summed E-state index contributed by atoms with van der Waals surface area (Å²) in [6.07, 6.45) is 1.67. The molecule has 2 rings (SSSR count). The third-order valence-electron chi connectivity index (χ3n) is 3.13. The summed E-state index contributed by atoms with van der Waals surface area (Å²) in [6.45, 7) is 4.14. The molecule has 0 fully saturated rings. The number of hydrogen-bond donors (Lipinski definition) is 1. The molecule has 0 spiro atoms. The van der Waals surface area contributed by atoms with Gasteiger partial charge in [-0.3, -0.25) is 4.68 Å². The highest BCUT2D eigenvalue weighted by atomic mass is 79.9. The van der Waals surface area contributed by atoms with Crippen LogP contribution in [0.25, 0.3) is 0 Å². The van der Waals surface area contributed by atoms with E-state index in [9.17, 15) is 0 Å². The average Bonchev–Trinajstić information content (AvgIpc) is 2.78. The van der Waals surface area contributed by atoms with Crippen molar-refractivity contribution in [2.75, 3.05) is 7.05 Å². The van der Waals surface area contributed by atoms with Gasteiger partial charge in [-0.05, 0) is 48.5 Å². The van der Waals surface area contributed by atoms with Crippen LogP contribution in [0, 0.1) is 0 Å². The summed E-state index contributed by atoms with van der Waals surface area (Å²) in [6, 6.07) is 5.97. The van der Waals surface area contributed by atoms with Crippen molar-refractivity contribution in [3.05, 3.63) is 50.2 Å². The highest BCUT2D eigenvalue weighted by molar-refractivity contribution is 9.10. The van der Waals surface area contributed by atoms with Crippen LogP contribution in [0.15, 0.2) is 28.9 Å². The van der Waals surface area contributed by atoms with Crippen LogP contribution < -0.4 is 5.32 Å². The largest absolute Gasteiger partial charge is 0.308 e. The Hall–Kier alpha value is -0.550. The van der Waals surface area contributed by atoms with Gasteiger partial charge in [-0.15, -0.1) is 0 Å². The minimum atomic E-state index is -0.114. The maximum absolute atomic E-state index is 6.41. The lowest BCUT2D eigenvalue weighted by atomic mass is 10.0. The van der Waals surface area contributed by atoms with Crippen molar-refractivity contribution >= 4 is 39.1 Å². The van der Waals surface area contributed by atoms with Gasteiger partial charge in [0.1, 0.15) is 0 Å². The molecular formula is C14H16BrCl2N3. The lowest BCUT2D eigenvalue weighted by molar-refractivity contribution is 0.484. The normalized spacial score (nSPS) is 12.9. The smallest absolute Gasteiger partial charge is 0.0837 e. The van der Waals surface area contributed by atoms with Crippen molar-refractivity contribution in [3.8, 4) is 0 Å². The summed E-state index contributed by atoms with van der Waals surface area (Å²) in [5.41, 5.74) is 1.89. The van der Waals surface area contributed by atoms with E-state index in [-0.39, 0.29) is 12.1 Å². The van der Waals surface area contributed by atoms with Crippen molar-refractivity contribution < 1.29 is 0 Å². The highest BCUT2D eigenvalue weighted by Crippen LogP contribution is 2.36. The molecule has 108 valence electrons. The Kier molecular flexibility index (Phi) is 5.13. The molecular weight excluding hydrogens is 361 g/mol. The van der Waals surface area contributed by atoms with Gasteiger partial charge in [0.15, 0.2) is 0 Å². The van der Waals surface area contributed by atoms with Crippen molar-refractivity contribution in [1.29, 1.82) is 0 Å². The number of nitrogens with zero attached hydrogens (tertiary/aromatic N) is 2. The van der Waals surface area contributed by atoms with E-state index in [1.165, 1.54) is 0 Å². The topological polar surface area (TPSA) is 29.9 Å². The Morgan fingerprint density at radius 1 is 1.30 bits per heavy atom. The Morgan fingerprint density at radius 2 is 2.00 bits per heavy atom. The van der Waals surface area contributed by atoms with Crippen molar-refractivity contribution in [2.24, 2.45) is 0 Å². The third kappa shape index (κ3) is 2.89. The zero-order chi connectivity index (χ0) is 14.9. The van der Waals surface area contributed by atoms with Gasteiger partial charge in [0, 0.05) is 10.5 Å². The summed E-state index contributed by atoms with van der Waals surface area (Å²) in [5.74, 6) is 0. The van der Waals surface area contributed by atoms with Crippen molar-refractivity contribution in [1.82, 2.24) is 15.1 Å². The van der Waals surface area contributed by atoms with E-state index in [1.54, 1.807) is 6.20 Å². The Balaban J connectivity index is 2.58. The fraction of sp³-hybridized carbons (Fsp3) is 0.357. The molecule has 2 aromatic rings. The second-order valence-electron chi connectivity index (χ2n) is 4.78. The standard InChI is InChI=1S/C14H16BrCl2N3/c1-8(2)20-14(11(16)7-19-20)13(18-3)9-5-4-6-10(15)12(9)17/h4-8,13,18H,1-3H3. The first kappa shape index (κ1) is 15.8. The predicted octanol–water partition coefficient (Wildman–Crippen LogP) is 4.84. The van der Waals surface area contributed by atoms with Crippen LogP contribution >= 0.6 is 39.1 Å². The molecule has 0 saturated carbocycles. The molecule has 0 amide bonds. The summed E-state index contributed by atoms with van der Waals surface area (Å²) >= 11 is 16.2. The fourth-order valence-electron chi connectivity index (χ4n) is 2.22. The SMILES string of the molecule is CNC(c1cccc(Br)c1Cl)c1c(Cl)cnn1C(C)C. The molecule has 0 aliphatic heterocycles. The van der Waals surface area contributed by atoms with E-state index in [0.29, 0.717) is 10.0 Å². The van der Waals surface area contributed by atoms with Crippen LogP contribution in [0.4, 0.5) is 0 Å². The van der Waals surface area contributed by atoms with Crippen LogP contribution in [0.1, 0.15) is 37.2 Å². The molecule has 1 aromatic carbocycles. The predicted molar refractivity (Wildman–Crippen MR) is 87.7 cm³/mol. The number of rotatable bonds is 4. The Bertz CT molecular complexity index is 610. The van der Waals surface area contributed by atoms with E-state index < -0.39 is 0 Å². The van der Waals surface area contributed by atoms with Crippen molar-refractivity contribution in [3.63, 3.8) is 0 Å². The van der Waals surface area contributed by atoms with Crippen LogP contribution in [0.5, 0.6) is 0 Å². The number of hydrogen-bond acceptors (Lipinski definition) is 2. The lowest BCUT2D eigenvalue weighted by Gasteiger charge is -2.22. The van der Waals surface area contributed by atoms with Gasteiger partial charge in [0.05, 0.1) is 28.0 Å². The van der Waals surface area contributed by atoms with Crippen LogP contribution in [-0.4, -0.2) is 16.8 Å². The van der Waals surface area contributed by atoms with E-state index in [2.05, 4.69) is 40.2 Å². The highest BCUT2D eigenvalue weighted by Gasteiger charge is 2.24. The van der Waals surface area contributed by atoms with Crippen LogP contribution in [-0.2, 0) is 0 Å². The molecule has 1 unspecified atom stereocenters. The molecule has 1 N–H and O–H groups in total. The summed E-state index contributed by atoms with van der Waals surface area (Å²) < 4.78 is 2.78. The first-order valence-corrected chi connectivity index (χ1v) is 7.86. The molecule has 0 bridgehead atoms. The van der Waals surface area contributed by atoms with E-state index in [4.69, 9.17) is 23.2 Å². The van der Waals surface area contributed by atoms with Gasteiger partial charge in [-0.1, -0.05) is 35.3 Å². The molecule has 0 aliphatic carbocycles. The molecule has 0 aliphatic rings. The summed E-state index contributed by atoms with van der Waals surface area (Å²) in [4.78, 5) is 0. The molecule has 0 saturated heterocycles. The van der Waals surface area contributed by atoms with E-state index >= 15 is 0 Å². The molecule has 6 heteroatoms. The second-order valence-corrected chi connectivity index (χ2v) is 6.42. The molecule has 1 atom stereocenters. The van der Waals surface area contributed by atoms with Gasteiger partial charge in [0.2, 0.25) is 0 Å². The zero-order valence-corrected chi connectivity index (χ0v) is 14.6. The van der Waals surface area contributed by atoms with Gasteiger partial charge in [-0.25, -0.2) is 0 Å². The molecule has 3 nitrogen and oxygen atoms in total. The number of aromatic nitrogens is 2. The fourth-order valence-corrected chi connectivity index (χ4v) is 3.07. The van der Waals surface area contributed by atoms with Gasteiger partial charge in [-0.2, -0.15) is 5.10 Å². The molecule has 1 heterocycles. The minimum Gasteiger partial charge on any atom is -0.308 e. The molecule has 0 radical (unpaired) electrons. The Labute approximate surface area is 137 Å². The minimum absolute atomic E-state index is 0.114. The maximum Gasteiger partial charge on any atom is 0.0837 e. The number of nitrogens with one attached hydrogen (secondary N) is 1. The lowest BCUT2D eigenvalue weighted by Crippen LogP contribution is -2.23. The third-order valence-corrected chi connectivity index (χ3v) is 4.73. The quantitative estimate of drug-likeness (QED) is 0.827. The van der Waals surface area contributed by atoms with E-state index in [0.717, 1.165) is 15.7 Å². The average molecular weight is 377 g/mol. The maximum atomic E-state index is 6.41. The number of halogens is 3. The first-order valence-electron chi connectivity index (χ1n) is 6.31. The number of benzene rings is 1. The molecule has 20 heavy (non-hydrogen) atoms. The van der Waals surface area contributed by atoms with Gasteiger partial charge in [0.25, 0.3) is 0 Å². The first-order chi connectivity index (χ1) is 9.47. The van der Waals surface area contributed by atoms with Crippen LogP contribution in [0.2, 0.25) is 10.0 Å². The monoisotopic (exact) mass is 375 g/mol.